The van der Waals surface area contributed by atoms with Crippen molar-refractivity contribution in [2.75, 3.05) is 52.9 Å². The van der Waals surface area contributed by atoms with Crippen LogP contribution in [0.4, 0.5) is 0 Å². The number of likely N-dealkylation sites (tertiary alicyclic amines) is 1. The lowest BCUT2D eigenvalue weighted by molar-refractivity contribution is -0.142. The van der Waals surface area contributed by atoms with Crippen LogP contribution in [0.25, 0.3) is 0 Å². The third-order valence-electron chi connectivity index (χ3n) is 6.34. The number of halogens is 1. The summed E-state index contributed by atoms with van der Waals surface area (Å²) >= 11 is 6.00. The molecule has 2 heterocycles. The molecule has 0 radical (unpaired) electrons. The van der Waals surface area contributed by atoms with Crippen LogP contribution in [0.2, 0.25) is 5.02 Å². The predicted molar refractivity (Wildman–Crippen MR) is 123 cm³/mol. The summed E-state index contributed by atoms with van der Waals surface area (Å²) in [5, 5.41) is 0.662. The van der Waals surface area contributed by atoms with E-state index in [2.05, 4.69) is 25.8 Å². The highest BCUT2D eigenvalue weighted by Crippen LogP contribution is 2.36. The first-order chi connectivity index (χ1) is 14.8. The Morgan fingerprint density at radius 2 is 1.71 bits per heavy atom. The van der Waals surface area contributed by atoms with Gasteiger partial charge in [0.1, 0.15) is 5.75 Å². The fourth-order valence-electron chi connectivity index (χ4n) is 4.47. The zero-order valence-corrected chi connectivity index (χ0v) is 19.9. The average molecular weight is 450 g/mol. The Bertz CT molecular complexity index is 747. The van der Waals surface area contributed by atoms with Crippen LogP contribution < -0.4 is 4.74 Å². The molecule has 0 N–H and O–H groups in total. The zero-order chi connectivity index (χ0) is 22.4. The van der Waals surface area contributed by atoms with Gasteiger partial charge in [0, 0.05) is 62.5 Å². The fraction of sp³-hybridized carbons (Fsp3) is 0.667. The first kappa shape index (κ1) is 23.9. The molecule has 2 aliphatic rings. The molecule has 3 rings (SSSR count). The lowest BCUT2D eigenvalue weighted by Crippen LogP contribution is -2.53. The Morgan fingerprint density at radius 3 is 2.35 bits per heavy atom. The maximum atomic E-state index is 13.2. The molecule has 31 heavy (non-hydrogen) atoms. The van der Waals surface area contributed by atoms with E-state index in [-0.39, 0.29) is 17.2 Å². The van der Waals surface area contributed by atoms with E-state index < -0.39 is 0 Å². The van der Waals surface area contributed by atoms with Crippen molar-refractivity contribution in [3.63, 3.8) is 0 Å². The van der Waals surface area contributed by atoms with Crippen molar-refractivity contribution >= 4 is 23.4 Å². The van der Waals surface area contributed by atoms with E-state index in [0.29, 0.717) is 36.9 Å². The van der Waals surface area contributed by atoms with E-state index >= 15 is 0 Å². The van der Waals surface area contributed by atoms with Crippen molar-refractivity contribution in [3.05, 3.63) is 29.3 Å². The number of rotatable bonds is 7. The van der Waals surface area contributed by atoms with Gasteiger partial charge in [-0.3, -0.25) is 9.59 Å². The Labute approximate surface area is 191 Å². The van der Waals surface area contributed by atoms with Gasteiger partial charge >= 0.3 is 0 Å². The third-order valence-corrected chi connectivity index (χ3v) is 6.59. The van der Waals surface area contributed by atoms with Crippen LogP contribution in [0.15, 0.2) is 24.3 Å². The lowest BCUT2D eigenvalue weighted by atomic mass is 9.77. The third kappa shape index (κ3) is 6.84. The normalized spacial score (nSPS) is 22.6. The minimum atomic E-state index is -0.370. The van der Waals surface area contributed by atoms with Gasteiger partial charge in [-0.25, -0.2) is 0 Å². The number of likely N-dealkylation sites (N-methyl/N-ethyl adjacent to an activating group) is 1. The number of carbonyl (C=O) groups excluding carboxylic acids is 2. The molecule has 0 aromatic heterocycles. The van der Waals surface area contributed by atoms with Gasteiger partial charge in [-0.15, -0.1) is 0 Å². The molecule has 0 bridgehead atoms. The summed E-state index contributed by atoms with van der Waals surface area (Å²) < 4.78 is 6.14. The second-order valence-corrected chi connectivity index (χ2v) is 10.1. The number of carbonyl (C=O) groups is 2. The molecule has 1 aromatic rings. The zero-order valence-electron chi connectivity index (χ0n) is 19.1. The number of nitrogens with zero attached hydrogens (tertiary/aromatic N) is 3. The number of benzene rings is 1. The first-order valence-corrected chi connectivity index (χ1v) is 11.8. The Balaban J connectivity index is 1.73. The number of hydrogen-bond acceptors (Lipinski definition) is 4. The number of ether oxygens (including phenoxy) is 1. The van der Waals surface area contributed by atoms with E-state index in [9.17, 15) is 9.59 Å². The molecule has 0 spiro atoms. The van der Waals surface area contributed by atoms with Crippen LogP contribution in [0.1, 0.15) is 39.5 Å². The maximum Gasteiger partial charge on any atom is 0.223 e. The van der Waals surface area contributed by atoms with Crippen molar-refractivity contribution in [1.82, 2.24) is 14.7 Å². The van der Waals surface area contributed by atoms with Crippen LogP contribution in [-0.2, 0) is 9.59 Å². The van der Waals surface area contributed by atoms with Crippen molar-refractivity contribution < 1.29 is 14.3 Å². The molecule has 0 aliphatic carbocycles. The van der Waals surface area contributed by atoms with Gasteiger partial charge in [0.25, 0.3) is 0 Å². The Hall–Kier alpha value is -1.79. The Morgan fingerprint density at radius 1 is 1.03 bits per heavy atom. The monoisotopic (exact) mass is 449 g/mol. The summed E-state index contributed by atoms with van der Waals surface area (Å²) in [5.74, 6) is 1.41. The summed E-state index contributed by atoms with van der Waals surface area (Å²) in [6.45, 7) is 9.21. The van der Waals surface area contributed by atoms with E-state index in [4.69, 9.17) is 16.3 Å². The molecule has 2 saturated heterocycles. The lowest BCUT2D eigenvalue weighted by Gasteiger charge is -2.44. The summed E-state index contributed by atoms with van der Waals surface area (Å²) in [6.07, 6.45) is 2.73. The van der Waals surface area contributed by atoms with Gasteiger partial charge in [-0.1, -0.05) is 25.4 Å². The van der Waals surface area contributed by atoms with Crippen LogP contribution in [0, 0.1) is 11.3 Å². The molecule has 2 aliphatic heterocycles. The summed E-state index contributed by atoms with van der Waals surface area (Å²) in [7, 11) is 2.09. The predicted octanol–water partition coefficient (Wildman–Crippen LogP) is 3.54. The molecule has 0 unspecified atom stereocenters. The molecule has 172 valence electrons. The van der Waals surface area contributed by atoms with Gasteiger partial charge in [0.05, 0.1) is 6.61 Å². The quantitative estimate of drug-likeness (QED) is 0.639. The van der Waals surface area contributed by atoms with Crippen LogP contribution >= 0.6 is 11.6 Å². The van der Waals surface area contributed by atoms with Gasteiger partial charge in [0.2, 0.25) is 11.8 Å². The van der Waals surface area contributed by atoms with E-state index in [0.717, 1.165) is 51.3 Å². The summed E-state index contributed by atoms with van der Waals surface area (Å²) in [4.78, 5) is 32.2. The molecule has 7 heteroatoms. The summed E-state index contributed by atoms with van der Waals surface area (Å²) in [6, 6.07) is 7.31. The van der Waals surface area contributed by atoms with Crippen LogP contribution in [-0.4, -0.2) is 79.4 Å². The molecule has 2 fully saturated rings. The topological polar surface area (TPSA) is 53.1 Å². The highest BCUT2D eigenvalue weighted by molar-refractivity contribution is 6.30. The summed E-state index contributed by atoms with van der Waals surface area (Å²) in [5.41, 5.74) is -0.370. The molecule has 6 nitrogen and oxygen atoms in total. The van der Waals surface area contributed by atoms with Crippen LogP contribution in [0.5, 0.6) is 5.75 Å². The van der Waals surface area contributed by atoms with Crippen LogP contribution in [0.3, 0.4) is 0 Å². The molecular weight excluding hydrogens is 414 g/mol. The molecule has 1 atom stereocenters. The fourth-order valence-corrected chi connectivity index (χ4v) is 4.59. The molecule has 1 aromatic carbocycles. The second kappa shape index (κ2) is 10.7. The number of amides is 2. The minimum Gasteiger partial charge on any atom is -0.493 e. The van der Waals surface area contributed by atoms with Crippen molar-refractivity contribution in [2.45, 2.75) is 39.5 Å². The van der Waals surface area contributed by atoms with Gasteiger partial charge in [-0.2, -0.15) is 0 Å². The largest absolute Gasteiger partial charge is 0.493 e. The number of piperazine rings is 1. The highest BCUT2D eigenvalue weighted by Gasteiger charge is 2.41. The van der Waals surface area contributed by atoms with Gasteiger partial charge in [-0.05, 0) is 50.1 Å². The Kier molecular flexibility index (Phi) is 8.23. The van der Waals surface area contributed by atoms with Gasteiger partial charge < -0.3 is 19.4 Å². The second-order valence-electron chi connectivity index (χ2n) is 9.62. The van der Waals surface area contributed by atoms with Crippen molar-refractivity contribution in [2.24, 2.45) is 11.3 Å². The number of piperidine rings is 1. The average Bonchev–Trinajstić information content (AvgIpc) is 2.73. The standard InChI is InChI=1S/C24H36ClN3O3/c1-19(2)15-22(29)28-10-4-9-24(17-28,18-31-21-7-5-20(25)6-8-21)16-23(30)27-13-11-26(3)12-14-27/h5-8,19H,4,9-18H2,1-3H3/t24-/m0/s1. The molecule has 2 amide bonds. The molecule has 0 saturated carbocycles. The molecular formula is C24H36ClN3O3. The van der Waals surface area contributed by atoms with Gasteiger partial charge in [0.15, 0.2) is 0 Å². The van der Waals surface area contributed by atoms with E-state index in [1.807, 2.05) is 21.9 Å². The van der Waals surface area contributed by atoms with E-state index in [1.165, 1.54) is 0 Å². The SMILES string of the molecule is CC(C)CC(=O)N1CCC[C@](COc2ccc(Cl)cc2)(CC(=O)N2CCN(C)CC2)C1. The van der Waals surface area contributed by atoms with E-state index in [1.54, 1.807) is 12.1 Å². The highest BCUT2D eigenvalue weighted by atomic mass is 35.5. The first-order valence-electron chi connectivity index (χ1n) is 11.4. The van der Waals surface area contributed by atoms with Crippen molar-refractivity contribution in [3.8, 4) is 5.75 Å². The smallest absolute Gasteiger partial charge is 0.223 e. The maximum absolute atomic E-state index is 13.2. The minimum absolute atomic E-state index is 0.172. The number of hydrogen-bond donors (Lipinski definition) is 0. The van der Waals surface area contributed by atoms with Crippen molar-refractivity contribution in [1.29, 1.82) is 0 Å².